The highest BCUT2D eigenvalue weighted by Crippen LogP contribution is 2.25. The molecule has 100 valence electrons. The molecular formula is C14H21NO3. The zero-order valence-electron chi connectivity index (χ0n) is 10.6. The number of rotatable bonds is 3. The second-order valence-electron chi connectivity index (χ2n) is 5.39. The SMILES string of the molecule is O=C(O)C1CCCC(NC(=O)C2CC=CCC2)C1. The summed E-state index contributed by atoms with van der Waals surface area (Å²) in [6, 6.07) is 0.0539. The number of carbonyl (C=O) groups excluding carboxylic acids is 1. The normalized spacial score (nSPS) is 31.9. The lowest BCUT2D eigenvalue weighted by Gasteiger charge is -2.29. The van der Waals surface area contributed by atoms with Crippen molar-refractivity contribution in [2.75, 3.05) is 0 Å². The summed E-state index contributed by atoms with van der Waals surface area (Å²) in [4.78, 5) is 23.0. The van der Waals surface area contributed by atoms with Gasteiger partial charge < -0.3 is 10.4 Å². The Morgan fingerprint density at radius 2 is 1.94 bits per heavy atom. The van der Waals surface area contributed by atoms with Gasteiger partial charge in [0.2, 0.25) is 5.91 Å². The number of amides is 1. The Kier molecular flexibility index (Phi) is 4.39. The van der Waals surface area contributed by atoms with Crippen molar-refractivity contribution in [3.05, 3.63) is 12.2 Å². The molecule has 0 heterocycles. The Balaban J connectivity index is 1.83. The number of nitrogens with one attached hydrogen (secondary N) is 1. The third-order valence-corrected chi connectivity index (χ3v) is 4.01. The highest BCUT2D eigenvalue weighted by atomic mass is 16.4. The van der Waals surface area contributed by atoms with Gasteiger partial charge >= 0.3 is 5.97 Å². The molecule has 0 aliphatic heterocycles. The maximum Gasteiger partial charge on any atom is 0.306 e. The maximum absolute atomic E-state index is 12.1. The van der Waals surface area contributed by atoms with E-state index in [-0.39, 0.29) is 23.8 Å². The summed E-state index contributed by atoms with van der Waals surface area (Å²) in [5.74, 6) is -0.819. The molecule has 1 saturated carbocycles. The van der Waals surface area contributed by atoms with Gasteiger partial charge in [0.15, 0.2) is 0 Å². The number of carboxylic acid groups (broad SMARTS) is 1. The van der Waals surface area contributed by atoms with Crippen LogP contribution in [0.1, 0.15) is 44.9 Å². The van der Waals surface area contributed by atoms with Crippen LogP contribution in [0.25, 0.3) is 0 Å². The number of aliphatic carboxylic acids is 1. The molecule has 0 aromatic rings. The molecule has 1 amide bonds. The predicted octanol–water partition coefficient (Wildman–Crippen LogP) is 2.10. The molecule has 3 atom stereocenters. The topological polar surface area (TPSA) is 66.4 Å². The van der Waals surface area contributed by atoms with E-state index in [2.05, 4.69) is 17.5 Å². The smallest absolute Gasteiger partial charge is 0.306 e. The lowest BCUT2D eigenvalue weighted by Crippen LogP contribution is -2.42. The minimum absolute atomic E-state index is 0.0539. The van der Waals surface area contributed by atoms with Crippen molar-refractivity contribution in [3.8, 4) is 0 Å². The average Bonchev–Trinajstić information content (AvgIpc) is 2.40. The molecule has 1 fully saturated rings. The van der Waals surface area contributed by atoms with E-state index in [1.165, 1.54) is 0 Å². The summed E-state index contributed by atoms with van der Waals surface area (Å²) in [6.07, 6.45) is 10.0. The summed E-state index contributed by atoms with van der Waals surface area (Å²) in [5, 5.41) is 12.1. The first-order chi connectivity index (χ1) is 8.66. The highest BCUT2D eigenvalue weighted by Gasteiger charge is 2.29. The molecule has 0 aromatic carbocycles. The van der Waals surface area contributed by atoms with Crippen LogP contribution in [0.4, 0.5) is 0 Å². The van der Waals surface area contributed by atoms with Crippen LogP contribution in [-0.2, 0) is 9.59 Å². The highest BCUT2D eigenvalue weighted by molar-refractivity contribution is 5.79. The lowest BCUT2D eigenvalue weighted by molar-refractivity contribution is -0.143. The molecule has 2 aliphatic carbocycles. The summed E-state index contributed by atoms with van der Waals surface area (Å²) in [7, 11) is 0. The third kappa shape index (κ3) is 3.34. The molecule has 0 aromatic heterocycles. The average molecular weight is 251 g/mol. The van der Waals surface area contributed by atoms with Crippen LogP contribution in [-0.4, -0.2) is 23.0 Å². The molecule has 0 spiro atoms. The number of hydrogen-bond donors (Lipinski definition) is 2. The Bertz CT molecular complexity index is 351. The molecule has 2 aliphatic rings. The number of carboxylic acids is 1. The van der Waals surface area contributed by atoms with Crippen molar-refractivity contribution < 1.29 is 14.7 Å². The number of hydrogen-bond acceptors (Lipinski definition) is 2. The minimum atomic E-state index is -0.727. The third-order valence-electron chi connectivity index (χ3n) is 4.01. The molecule has 0 bridgehead atoms. The van der Waals surface area contributed by atoms with Crippen LogP contribution >= 0.6 is 0 Å². The molecule has 0 radical (unpaired) electrons. The first-order valence-corrected chi connectivity index (χ1v) is 6.85. The fraction of sp³-hybridized carbons (Fsp3) is 0.714. The number of carbonyl (C=O) groups is 2. The quantitative estimate of drug-likeness (QED) is 0.755. The molecule has 3 unspecified atom stereocenters. The fourth-order valence-electron chi connectivity index (χ4n) is 2.90. The molecule has 4 nitrogen and oxygen atoms in total. The van der Waals surface area contributed by atoms with Crippen LogP contribution in [0.5, 0.6) is 0 Å². The minimum Gasteiger partial charge on any atom is -0.481 e. The van der Waals surface area contributed by atoms with E-state index >= 15 is 0 Å². The Labute approximate surface area is 107 Å². The maximum atomic E-state index is 12.1. The molecule has 2 rings (SSSR count). The summed E-state index contributed by atoms with van der Waals surface area (Å²) in [5.41, 5.74) is 0. The van der Waals surface area contributed by atoms with Gasteiger partial charge in [-0.1, -0.05) is 18.6 Å². The van der Waals surface area contributed by atoms with Crippen molar-refractivity contribution in [1.82, 2.24) is 5.32 Å². The van der Waals surface area contributed by atoms with Crippen LogP contribution in [0.15, 0.2) is 12.2 Å². The van der Waals surface area contributed by atoms with Gasteiger partial charge in [0.25, 0.3) is 0 Å². The van der Waals surface area contributed by atoms with Crippen LogP contribution in [0.3, 0.4) is 0 Å². The summed E-state index contributed by atoms with van der Waals surface area (Å²) in [6.45, 7) is 0. The zero-order valence-corrected chi connectivity index (χ0v) is 10.6. The molecule has 2 N–H and O–H groups in total. The van der Waals surface area contributed by atoms with Gasteiger partial charge in [0.1, 0.15) is 0 Å². The molecule has 18 heavy (non-hydrogen) atoms. The number of allylic oxidation sites excluding steroid dienone is 2. The van der Waals surface area contributed by atoms with Crippen LogP contribution < -0.4 is 5.32 Å². The van der Waals surface area contributed by atoms with Gasteiger partial charge in [-0.25, -0.2) is 0 Å². The largest absolute Gasteiger partial charge is 0.481 e. The van der Waals surface area contributed by atoms with Crippen molar-refractivity contribution in [2.24, 2.45) is 11.8 Å². The van der Waals surface area contributed by atoms with Gasteiger partial charge in [-0.05, 0) is 38.5 Å². The monoisotopic (exact) mass is 251 g/mol. The van der Waals surface area contributed by atoms with E-state index in [0.29, 0.717) is 6.42 Å². The van der Waals surface area contributed by atoms with E-state index < -0.39 is 5.97 Å². The van der Waals surface area contributed by atoms with Gasteiger partial charge in [-0.3, -0.25) is 9.59 Å². The standard InChI is InChI=1S/C14H21NO3/c16-13(10-5-2-1-3-6-10)15-12-8-4-7-11(9-12)14(17)18/h1-2,10-12H,3-9H2,(H,15,16)(H,17,18). The first-order valence-electron chi connectivity index (χ1n) is 6.85. The van der Waals surface area contributed by atoms with E-state index in [4.69, 9.17) is 5.11 Å². The van der Waals surface area contributed by atoms with Crippen LogP contribution in [0, 0.1) is 11.8 Å². The molecule has 0 saturated heterocycles. The van der Waals surface area contributed by atoms with Gasteiger partial charge in [-0.15, -0.1) is 0 Å². The zero-order chi connectivity index (χ0) is 13.0. The predicted molar refractivity (Wildman–Crippen MR) is 68.0 cm³/mol. The Morgan fingerprint density at radius 3 is 2.61 bits per heavy atom. The van der Waals surface area contributed by atoms with Crippen LogP contribution in [0.2, 0.25) is 0 Å². The van der Waals surface area contributed by atoms with Gasteiger partial charge in [-0.2, -0.15) is 0 Å². The fourth-order valence-corrected chi connectivity index (χ4v) is 2.90. The van der Waals surface area contributed by atoms with Crippen molar-refractivity contribution >= 4 is 11.9 Å². The first kappa shape index (κ1) is 13.1. The summed E-state index contributed by atoms with van der Waals surface area (Å²) < 4.78 is 0. The Morgan fingerprint density at radius 1 is 1.11 bits per heavy atom. The van der Waals surface area contributed by atoms with E-state index in [0.717, 1.165) is 38.5 Å². The molecular weight excluding hydrogens is 230 g/mol. The van der Waals surface area contributed by atoms with Crippen molar-refractivity contribution in [2.45, 2.75) is 51.0 Å². The van der Waals surface area contributed by atoms with Crippen molar-refractivity contribution in [1.29, 1.82) is 0 Å². The van der Waals surface area contributed by atoms with E-state index in [1.807, 2.05) is 0 Å². The van der Waals surface area contributed by atoms with Crippen molar-refractivity contribution in [3.63, 3.8) is 0 Å². The van der Waals surface area contributed by atoms with Gasteiger partial charge in [0.05, 0.1) is 5.92 Å². The summed E-state index contributed by atoms with van der Waals surface area (Å²) >= 11 is 0. The second kappa shape index (κ2) is 6.03. The van der Waals surface area contributed by atoms with E-state index in [9.17, 15) is 9.59 Å². The second-order valence-corrected chi connectivity index (χ2v) is 5.39. The van der Waals surface area contributed by atoms with Gasteiger partial charge in [0, 0.05) is 12.0 Å². The van der Waals surface area contributed by atoms with E-state index in [1.54, 1.807) is 0 Å². The Hall–Kier alpha value is -1.32. The molecule has 4 heteroatoms. The lowest BCUT2D eigenvalue weighted by atomic mass is 9.85.